The average molecular weight is 329 g/mol. The topological polar surface area (TPSA) is 12.9 Å². The minimum atomic E-state index is -4.31. The van der Waals surface area contributed by atoms with Gasteiger partial charge in [0, 0.05) is 20.9 Å². The Bertz CT molecular complexity index is 366. The summed E-state index contributed by atoms with van der Waals surface area (Å²) >= 11 is 1.65. The molecule has 0 amide bonds. The number of hydrogen-bond donors (Lipinski definition) is 0. The molecule has 1 rings (SSSR count). The summed E-state index contributed by atoms with van der Waals surface area (Å²) < 4.78 is 37.9. The van der Waals surface area contributed by atoms with Crippen LogP contribution in [0.5, 0.6) is 0 Å². The van der Waals surface area contributed by atoms with Crippen molar-refractivity contribution < 1.29 is 13.2 Å². The van der Waals surface area contributed by atoms with Gasteiger partial charge in [-0.3, -0.25) is 4.98 Å². The lowest BCUT2D eigenvalue weighted by atomic mass is 9.91. The van der Waals surface area contributed by atoms with Crippen molar-refractivity contribution in [3.8, 4) is 0 Å². The van der Waals surface area contributed by atoms with Crippen LogP contribution in [0.15, 0.2) is 12.3 Å². The summed E-state index contributed by atoms with van der Waals surface area (Å²) in [6.45, 7) is 5.51. The van der Waals surface area contributed by atoms with E-state index in [1.165, 1.54) is 6.20 Å². The lowest BCUT2D eigenvalue weighted by Crippen LogP contribution is -2.17. The van der Waals surface area contributed by atoms with Crippen molar-refractivity contribution in [2.75, 3.05) is 0 Å². The maximum atomic E-state index is 12.6. The predicted molar refractivity (Wildman–Crippen MR) is 60.7 cm³/mol. The molecule has 0 unspecified atom stereocenters. The number of rotatable bonds is 0. The van der Waals surface area contributed by atoms with Crippen LogP contribution >= 0.6 is 22.6 Å². The van der Waals surface area contributed by atoms with Crippen LogP contribution in [0, 0.1) is 3.57 Å². The second-order valence-corrected chi connectivity index (χ2v) is 5.46. The van der Waals surface area contributed by atoms with Crippen LogP contribution in [0.3, 0.4) is 0 Å². The standard InChI is InChI=1S/C10H11F3IN/c1-9(2,3)8-4-6(10(11,12)13)7(14)5-15-8/h4-5H,1-3H3. The molecule has 15 heavy (non-hydrogen) atoms. The summed E-state index contributed by atoms with van der Waals surface area (Å²) in [5, 5.41) is 0. The zero-order valence-electron chi connectivity index (χ0n) is 8.61. The van der Waals surface area contributed by atoms with Gasteiger partial charge in [-0.1, -0.05) is 20.8 Å². The van der Waals surface area contributed by atoms with Crippen LogP contribution in [-0.4, -0.2) is 4.98 Å². The highest BCUT2D eigenvalue weighted by atomic mass is 127. The fraction of sp³-hybridized carbons (Fsp3) is 0.500. The molecule has 0 fully saturated rings. The SMILES string of the molecule is CC(C)(C)c1cc(C(F)(F)F)c(I)cn1. The van der Waals surface area contributed by atoms with E-state index in [0.717, 1.165) is 6.07 Å². The highest BCUT2D eigenvalue weighted by molar-refractivity contribution is 14.1. The molecule has 0 bridgehead atoms. The third kappa shape index (κ3) is 3.06. The smallest absolute Gasteiger partial charge is 0.260 e. The fourth-order valence-corrected chi connectivity index (χ4v) is 1.67. The first-order chi connectivity index (χ1) is 6.62. The molecule has 0 radical (unpaired) electrons. The van der Waals surface area contributed by atoms with Gasteiger partial charge in [-0.05, 0) is 28.7 Å². The summed E-state index contributed by atoms with van der Waals surface area (Å²) in [7, 11) is 0. The summed E-state index contributed by atoms with van der Waals surface area (Å²) in [6.07, 6.45) is -3.04. The molecular weight excluding hydrogens is 318 g/mol. The molecule has 84 valence electrons. The molecule has 1 heterocycles. The Morgan fingerprint density at radius 3 is 2.13 bits per heavy atom. The van der Waals surface area contributed by atoms with E-state index in [0.29, 0.717) is 5.69 Å². The van der Waals surface area contributed by atoms with Crippen molar-refractivity contribution in [1.82, 2.24) is 4.98 Å². The second kappa shape index (κ2) is 3.92. The molecular formula is C10H11F3IN. The Morgan fingerprint density at radius 1 is 1.20 bits per heavy atom. The maximum Gasteiger partial charge on any atom is 0.417 e. The van der Waals surface area contributed by atoms with Crippen molar-refractivity contribution in [2.45, 2.75) is 32.4 Å². The highest BCUT2D eigenvalue weighted by Crippen LogP contribution is 2.34. The molecule has 0 spiro atoms. The Morgan fingerprint density at radius 2 is 1.73 bits per heavy atom. The largest absolute Gasteiger partial charge is 0.417 e. The number of halogens is 4. The van der Waals surface area contributed by atoms with Crippen molar-refractivity contribution in [2.24, 2.45) is 0 Å². The van der Waals surface area contributed by atoms with Crippen LogP contribution in [0.4, 0.5) is 13.2 Å². The van der Waals surface area contributed by atoms with Gasteiger partial charge in [0.25, 0.3) is 0 Å². The third-order valence-electron chi connectivity index (χ3n) is 1.93. The summed E-state index contributed by atoms with van der Waals surface area (Å²) in [4.78, 5) is 4.02. The molecule has 0 N–H and O–H groups in total. The van der Waals surface area contributed by atoms with Gasteiger partial charge >= 0.3 is 6.18 Å². The lowest BCUT2D eigenvalue weighted by molar-refractivity contribution is -0.138. The van der Waals surface area contributed by atoms with E-state index in [1.54, 1.807) is 22.6 Å². The van der Waals surface area contributed by atoms with Crippen LogP contribution in [0.1, 0.15) is 32.0 Å². The van der Waals surface area contributed by atoms with E-state index >= 15 is 0 Å². The molecule has 0 saturated carbocycles. The number of pyridine rings is 1. The quantitative estimate of drug-likeness (QED) is 0.656. The molecule has 0 aromatic carbocycles. The fourth-order valence-electron chi connectivity index (χ4n) is 1.07. The van der Waals surface area contributed by atoms with Crippen LogP contribution in [0.2, 0.25) is 0 Å². The number of aromatic nitrogens is 1. The van der Waals surface area contributed by atoms with Gasteiger partial charge in [-0.25, -0.2) is 0 Å². The number of hydrogen-bond acceptors (Lipinski definition) is 1. The molecule has 5 heteroatoms. The first-order valence-corrected chi connectivity index (χ1v) is 5.43. The second-order valence-electron chi connectivity index (χ2n) is 4.30. The predicted octanol–water partition coefficient (Wildman–Crippen LogP) is 4.00. The normalized spacial score (nSPS) is 13.0. The number of alkyl halides is 3. The number of nitrogens with zero attached hydrogens (tertiary/aromatic N) is 1. The van der Waals surface area contributed by atoms with Crippen molar-refractivity contribution in [3.63, 3.8) is 0 Å². The van der Waals surface area contributed by atoms with Crippen LogP contribution in [-0.2, 0) is 11.6 Å². The lowest BCUT2D eigenvalue weighted by Gasteiger charge is -2.19. The molecule has 0 aliphatic rings. The highest BCUT2D eigenvalue weighted by Gasteiger charge is 2.34. The summed E-state index contributed by atoms with van der Waals surface area (Å²) in [6, 6.07) is 1.13. The van der Waals surface area contributed by atoms with Crippen LogP contribution < -0.4 is 0 Å². The Balaban J connectivity index is 3.30. The minimum absolute atomic E-state index is 0.133. The third-order valence-corrected chi connectivity index (χ3v) is 2.79. The van der Waals surface area contributed by atoms with E-state index in [-0.39, 0.29) is 8.99 Å². The Labute approximate surface area is 100 Å². The Hall–Kier alpha value is -0.330. The molecule has 1 nitrogen and oxygen atoms in total. The van der Waals surface area contributed by atoms with E-state index in [9.17, 15) is 13.2 Å². The minimum Gasteiger partial charge on any atom is -0.260 e. The van der Waals surface area contributed by atoms with E-state index < -0.39 is 11.7 Å². The first-order valence-electron chi connectivity index (χ1n) is 4.35. The molecule has 0 aliphatic carbocycles. The van der Waals surface area contributed by atoms with E-state index in [4.69, 9.17) is 0 Å². The van der Waals surface area contributed by atoms with Gasteiger partial charge in [0.15, 0.2) is 0 Å². The maximum absolute atomic E-state index is 12.6. The van der Waals surface area contributed by atoms with Gasteiger partial charge < -0.3 is 0 Å². The zero-order chi connectivity index (χ0) is 11.9. The average Bonchev–Trinajstić information content (AvgIpc) is 2.00. The van der Waals surface area contributed by atoms with Crippen molar-refractivity contribution in [3.05, 3.63) is 27.1 Å². The molecule has 0 atom stereocenters. The van der Waals surface area contributed by atoms with E-state index in [1.807, 2.05) is 20.8 Å². The van der Waals surface area contributed by atoms with Gasteiger partial charge in [0.2, 0.25) is 0 Å². The molecule has 1 aromatic rings. The Kier molecular flexibility index (Phi) is 3.33. The molecule has 0 aliphatic heterocycles. The summed E-state index contributed by atoms with van der Waals surface area (Å²) in [5.41, 5.74) is -0.525. The van der Waals surface area contributed by atoms with E-state index in [2.05, 4.69) is 4.98 Å². The molecule has 0 saturated heterocycles. The summed E-state index contributed by atoms with van der Waals surface area (Å²) in [5.74, 6) is 0. The van der Waals surface area contributed by atoms with Crippen molar-refractivity contribution in [1.29, 1.82) is 0 Å². The van der Waals surface area contributed by atoms with Gasteiger partial charge in [-0.15, -0.1) is 0 Å². The van der Waals surface area contributed by atoms with Gasteiger partial charge in [0.1, 0.15) is 0 Å². The van der Waals surface area contributed by atoms with Crippen molar-refractivity contribution >= 4 is 22.6 Å². The first kappa shape index (κ1) is 12.7. The monoisotopic (exact) mass is 329 g/mol. The zero-order valence-corrected chi connectivity index (χ0v) is 10.8. The van der Waals surface area contributed by atoms with Crippen LogP contribution in [0.25, 0.3) is 0 Å². The van der Waals surface area contributed by atoms with Gasteiger partial charge in [-0.2, -0.15) is 13.2 Å². The molecule has 1 aromatic heterocycles. The van der Waals surface area contributed by atoms with Gasteiger partial charge in [0.05, 0.1) is 5.56 Å².